The topological polar surface area (TPSA) is 37.3 Å². The van der Waals surface area contributed by atoms with Gasteiger partial charge in [0, 0.05) is 0 Å². The van der Waals surface area contributed by atoms with E-state index in [1.165, 1.54) is 6.07 Å². The average Bonchev–Trinajstić information content (AvgIpc) is 2.10. The first-order chi connectivity index (χ1) is 4.61. The van der Waals surface area contributed by atoms with Gasteiger partial charge in [0.2, 0.25) is 0 Å². The zero-order chi connectivity index (χ0) is 7.72. The molecule has 2 nitrogen and oxygen atoms in total. The van der Waals surface area contributed by atoms with Crippen molar-refractivity contribution in [3.8, 4) is 0 Å². The third-order valence-corrected chi connectivity index (χ3v) is 3.24. The molecule has 0 saturated carbocycles. The summed E-state index contributed by atoms with van der Waals surface area (Å²) in [6, 6.07) is 1.38. The predicted molar refractivity (Wildman–Crippen MR) is 50.5 cm³/mol. The van der Waals surface area contributed by atoms with Crippen LogP contribution < -0.4 is 0 Å². The van der Waals surface area contributed by atoms with Crippen LogP contribution in [0.2, 0.25) is 8.67 Å². The van der Waals surface area contributed by atoms with E-state index in [9.17, 15) is 4.21 Å². The van der Waals surface area contributed by atoms with Crippen LogP contribution in [0.5, 0.6) is 0 Å². The second kappa shape index (κ2) is 5.19. The van der Waals surface area contributed by atoms with Gasteiger partial charge in [0.05, 0.1) is 9.23 Å². The zero-order valence-corrected chi connectivity index (χ0v) is 7.65. The second-order valence-corrected chi connectivity index (χ2v) is 4.66. The molecule has 1 aromatic heterocycles. The molecule has 7 heteroatoms. The Kier molecular flexibility index (Phi) is 5.85. The molecule has 0 spiro atoms. The maximum absolute atomic E-state index is 10.4. The standard InChI is InChI=1S/C4H2Cl2O2S2.Na.H/c5-3-1-2(10(7)8)4(6)9-3;;/h1H,(H,7,8);;. The molecule has 1 rings (SSSR count). The van der Waals surface area contributed by atoms with E-state index in [0.717, 1.165) is 11.3 Å². The minimum absolute atomic E-state index is 0. The fourth-order valence-electron chi connectivity index (χ4n) is 0.444. The Balaban J connectivity index is 0.000001000. The van der Waals surface area contributed by atoms with Crippen molar-refractivity contribution in [2.24, 2.45) is 0 Å². The van der Waals surface area contributed by atoms with Gasteiger partial charge in [-0.1, -0.05) is 23.2 Å². The second-order valence-electron chi connectivity index (χ2n) is 1.44. The normalized spacial score (nSPS) is 12.3. The van der Waals surface area contributed by atoms with Crippen molar-refractivity contribution in [1.82, 2.24) is 0 Å². The molecule has 0 aliphatic heterocycles. The van der Waals surface area contributed by atoms with Crippen LogP contribution in [0.1, 0.15) is 0 Å². The van der Waals surface area contributed by atoms with Gasteiger partial charge >= 0.3 is 29.6 Å². The molecule has 1 N–H and O–H groups in total. The summed E-state index contributed by atoms with van der Waals surface area (Å²) in [4.78, 5) is 0.177. The fourth-order valence-corrected chi connectivity index (χ4v) is 2.75. The Hall–Kier alpha value is 1.39. The zero-order valence-electron chi connectivity index (χ0n) is 4.51. The van der Waals surface area contributed by atoms with Gasteiger partial charge in [-0.15, -0.1) is 11.3 Å². The van der Waals surface area contributed by atoms with Crippen LogP contribution in [0.3, 0.4) is 0 Å². The first kappa shape index (κ1) is 12.4. The Morgan fingerprint density at radius 2 is 2.09 bits per heavy atom. The van der Waals surface area contributed by atoms with Gasteiger partial charge in [-0.3, -0.25) is 0 Å². The Morgan fingerprint density at radius 3 is 2.27 bits per heavy atom. The van der Waals surface area contributed by atoms with Crippen molar-refractivity contribution in [1.29, 1.82) is 0 Å². The van der Waals surface area contributed by atoms with Crippen LogP contribution in [-0.4, -0.2) is 38.3 Å². The van der Waals surface area contributed by atoms with Crippen molar-refractivity contribution in [2.45, 2.75) is 4.90 Å². The Morgan fingerprint density at radius 1 is 1.55 bits per heavy atom. The molecule has 1 atom stereocenters. The van der Waals surface area contributed by atoms with Crippen molar-refractivity contribution >= 4 is 75.2 Å². The molecular formula is C4H3Cl2NaO2S2. The van der Waals surface area contributed by atoms with E-state index in [1.54, 1.807) is 0 Å². The average molecular weight is 241 g/mol. The van der Waals surface area contributed by atoms with E-state index in [0.29, 0.717) is 4.34 Å². The molecule has 0 fully saturated rings. The summed E-state index contributed by atoms with van der Waals surface area (Å²) < 4.78 is 19.7. The number of hydrogen-bond acceptors (Lipinski definition) is 2. The Labute approximate surface area is 102 Å². The summed E-state index contributed by atoms with van der Waals surface area (Å²) in [5.41, 5.74) is 0. The number of halogens is 2. The van der Waals surface area contributed by atoms with E-state index < -0.39 is 11.1 Å². The molecule has 11 heavy (non-hydrogen) atoms. The van der Waals surface area contributed by atoms with Crippen LogP contribution in [0.15, 0.2) is 11.0 Å². The summed E-state index contributed by atoms with van der Waals surface area (Å²) in [6.07, 6.45) is 0. The molecule has 0 saturated heterocycles. The van der Waals surface area contributed by atoms with E-state index in [-0.39, 0.29) is 38.8 Å². The van der Waals surface area contributed by atoms with E-state index >= 15 is 0 Å². The molecule has 0 aromatic carbocycles. The van der Waals surface area contributed by atoms with Crippen molar-refractivity contribution < 1.29 is 8.76 Å². The van der Waals surface area contributed by atoms with Crippen molar-refractivity contribution in [3.05, 3.63) is 14.7 Å². The summed E-state index contributed by atoms with van der Waals surface area (Å²) >= 11 is 10.1. The van der Waals surface area contributed by atoms with Gasteiger partial charge in [-0.05, 0) is 6.07 Å². The van der Waals surface area contributed by atoms with Gasteiger partial charge in [0.15, 0.2) is 11.1 Å². The monoisotopic (exact) mass is 240 g/mol. The van der Waals surface area contributed by atoms with E-state index in [2.05, 4.69) is 0 Å². The molecule has 58 valence electrons. The van der Waals surface area contributed by atoms with Gasteiger partial charge in [-0.25, -0.2) is 4.21 Å². The number of rotatable bonds is 1. The van der Waals surface area contributed by atoms with Gasteiger partial charge < -0.3 is 4.55 Å². The quantitative estimate of drug-likeness (QED) is 0.603. The fraction of sp³-hybridized carbons (Fsp3) is 0. The Bertz CT molecular complexity index is 275. The third-order valence-electron chi connectivity index (χ3n) is 0.814. The van der Waals surface area contributed by atoms with Crippen LogP contribution in [0.25, 0.3) is 0 Å². The molecule has 0 aliphatic carbocycles. The van der Waals surface area contributed by atoms with Crippen LogP contribution >= 0.6 is 34.5 Å². The summed E-state index contributed by atoms with van der Waals surface area (Å²) in [5.74, 6) is 0. The molecule has 0 bridgehead atoms. The molecular weight excluding hydrogens is 238 g/mol. The van der Waals surface area contributed by atoms with Gasteiger partial charge in [0.1, 0.15) is 4.34 Å². The molecule has 1 heterocycles. The molecule has 0 amide bonds. The summed E-state index contributed by atoms with van der Waals surface area (Å²) in [5, 5.41) is 0. The number of hydrogen-bond donors (Lipinski definition) is 1. The van der Waals surface area contributed by atoms with Crippen LogP contribution in [0, 0.1) is 0 Å². The van der Waals surface area contributed by atoms with Crippen LogP contribution in [0.4, 0.5) is 0 Å². The summed E-state index contributed by atoms with van der Waals surface area (Å²) in [7, 11) is 0. The molecule has 0 radical (unpaired) electrons. The third kappa shape index (κ3) is 3.32. The predicted octanol–water partition coefficient (Wildman–Crippen LogP) is 1.99. The van der Waals surface area contributed by atoms with Crippen LogP contribution in [-0.2, 0) is 11.1 Å². The maximum atomic E-state index is 10.4. The van der Waals surface area contributed by atoms with E-state index in [4.69, 9.17) is 27.8 Å². The molecule has 0 aliphatic rings. The van der Waals surface area contributed by atoms with E-state index in [1.807, 2.05) is 0 Å². The summed E-state index contributed by atoms with van der Waals surface area (Å²) in [6.45, 7) is 0. The van der Waals surface area contributed by atoms with Crippen molar-refractivity contribution in [2.75, 3.05) is 0 Å². The number of thiophene rings is 1. The SMILES string of the molecule is O=S(O)c1cc(Cl)sc1Cl.[NaH]. The first-order valence-corrected chi connectivity index (χ1v) is 4.85. The van der Waals surface area contributed by atoms with Gasteiger partial charge in [0.25, 0.3) is 0 Å². The first-order valence-electron chi connectivity index (χ1n) is 2.17. The van der Waals surface area contributed by atoms with Crippen molar-refractivity contribution in [3.63, 3.8) is 0 Å². The minimum atomic E-state index is -2.03. The molecule has 1 aromatic rings. The molecule has 1 unspecified atom stereocenters. The van der Waals surface area contributed by atoms with Gasteiger partial charge in [-0.2, -0.15) is 0 Å².